The number of nitrogens with zero attached hydrogens (tertiary/aromatic N) is 1. The number of fused-ring (bicyclic) bond motifs is 1. The van der Waals surface area contributed by atoms with Gasteiger partial charge < -0.3 is 15.8 Å². The highest BCUT2D eigenvalue weighted by Crippen LogP contribution is 2.25. The van der Waals surface area contributed by atoms with Crippen LogP contribution in [-0.4, -0.2) is 31.4 Å². The average molecular weight is 420 g/mol. The van der Waals surface area contributed by atoms with E-state index in [2.05, 4.69) is 10.3 Å². The molecule has 1 atom stereocenters. The Labute approximate surface area is 164 Å². The number of sulfonamides is 1. The monoisotopic (exact) mass is 420 g/mol. The Hall–Kier alpha value is -3.02. The lowest BCUT2D eigenvalue weighted by Crippen LogP contribution is -2.30. The molecule has 0 aliphatic rings. The van der Waals surface area contributed by atoms with Crippen molar-refractivity contribution < 1.29 is 22.7 Å². The van der Waals surface area contributed by atoms with Crippen molar-refractivity contribution >= 4 is 54.3 Å². The standard InChI is InChI=1S/C17H16N4O5S2/c1-9(15(22)20-11-3-5-12(6-4-11)28(19,24)25)26-16(23)10-2-7-13-14(8-10)27-17(18)21-13/h2-9H,1H3,(H2,18,21)(H,20,22)(H2,19,24,25). The van der Waals surface area contributed by atoms with Crippen LogP contribution in [-0.2, 0) is 19.6 Å². The fourth-order valence-electron chi connectivity index (χ4n) is 2.32. The summed E-state index contributed by atoms with van der Waals surface area (Å²) in [4.78, 5) is 28.5. The van der Waals surface area contributed by atoms with Gasteiger partial charge in [-0.15, -0.1) is 0 Å². The maximum atomic E-state index is 12.3. The van der Waals surface area contributed by atoms with Crippen LogP contribution in [0.25, 0.3) is 10.2 Å². The summed E-state index contributed by atoms with van der Waals surface area (Å²) < 4.78 is 28.4. The first-order chi connectivity index (χ1) is 13.1. The smallest absolute Gasteiger partial charge is 0.338 e. The van der Waals surface area contributed by atoms with Crippen molar-refractivity contribution in [1.29, 1.82) is 0 Å². The summed E-state index contributed by atoms with van der Waals surface area (Å²) in [6.07, 6.45) is -1.08. The average Bonchev–Trinajstić information content (AvgIpc) is 3.00. The third kappa shape index (κ3) is 4.44. The van der Waals surface area contributed by atoms with Crippen molar-refractivity contribution in [3.8, 4) is 0 Å². The minimum absolute atomic E-state index is 0.0796. The highest BCUT2D eigenvalue weighted by molar-refractivity contribution is 7.89. The molecule has 0 saturated heterocycles. The maximum Gasteiger partial charge on any atom is 0.338 e. The summed E-state index contributed by atoms with van der Waals surface area (Å²) in [7, 11) is -3.82. The number of rotatable bonds is 5. The molecule has 3 rings (SSSR count). The Morgan fingerprint density at radius 1 is 1.18 bits per heavy atom. The van der Waals surface area contributed by atoms with Crippen molar-refractivity contribution in [3.05, 3.63) is 48.0 Å². The van der Waals surface area contributed by atoms with Gasteiger partial charge in [0, 0.05) is 5.69 Å². The first-order valence-electron chi connectivity index (χ1n) is 7.94. The van der Waals surface area contributed by atoms with Crippen LogP contribution in [0.3, 0.4) is 0 Å². The van der Waals surface area contributed by atoms with Gasteiger partial charge in [-0.3, -0.25) is 4.79 Å². The summed E-state index contributed by atoms with van der Waals surface area (Å²) in [6, 6.07) is 10.1. The summed E-state index contributed by atoms with van der Waals surface area (Å²) >= 11 is 1.24. The lowest BCUT2D eigenvalue weighted by molar-refractivity contribution is -0.123. The summed E-state index contributed by atoms with van der Waals surface area (Å²) in [5.74, 6) is -1.24. The maximum absolute atomic E-state index is 12.3. The van der Waals surface area contributed by atoms with Crippen molar-refractivity contribution in [2.45, 2.75) is 17.9 Å². The van der Waals surface area contributed by atoms with E-state index >= 15 is 0 Å². The molecule has 0 aliphatic heterocycles. The zero-order valence-electron chi connectivity index (χ0n) is 14.6. The Balaban J connectivity index is 1.64. The molecular weight excluding hydrogens is 404 g/mol. The summed E-state index contributed by atoms with van der Waals surface area (Å²) in [6.45, 7) is 1.43. The normalized spacial score (nSPS) is 12.5. The molecule has 1 aromatic heterocycles. The van der Waals surface area contributed by atoms with Gasteiger partial charge in [-0.2, -0.15) is 0 Å². The van der Waals surface area contributed by atoms with Gasteiger partial charge in [-0.1, -0.05) is 11.3 Å². The number of thiazole rings is 1. The van der Waals surface area contributed by atoms with Crippen molar-refractivity contribution in [3.63, 3.8) is 0 Å². The van der Waals surface area contributed by atoms with E-state index in [0.717, 1.165) is 4.70 Å². The Bertz CT molecular complexity index is 1160. The minimum atomic E-state index is -3.82. The van der Waals surface area contributed by atoms with Crippen LogP contribution >= 0.6 is 11.3 Å². The molecule has 1 amide bonds. The van der Waals surface area contributed by atoms with Crippen LogP contribution in [0.4, 0.5) is 10.8 Å². The lowest BCUT2D eigenvalue weighted by Gasteiger charge is -2.13. The number of nitrogens with two attached hydrogens (primary N) is 2. The molecule has 9 nitrogen and oxygen atoms in total. The summed E-state index contributed by atoms with van der Waals surface area (Å²) in [5, 5.41) is 7.94. The number of aromatic nitrogens is 1. The van der Waals surface area contributed by atoms with E-state index in [4.69, 9.17) is 15.6 Å². The van der Waals surface area contributed by atoms with Crippen LogP contribution in [0, 0.1) is 0 Å². The Kier molecular flexibility index (Phi) is 5.31. The number of esters is 1. The van der Waals surface area contributed by atoms with Crippen molar-refractivity contribution in [1.82, 2.24) is 4.98 Å². The number of amides is 1. The number of carbonyl (C=O) groups is 2. The highest BCUT2D eigenvalue weighted by Gasteiger charge is 2.20. The largest absolute Gasteiger partial charge is 0.449 e. The lowest BCUT2D eigenvalue weighted by atomic mass is 10.2. The molecule has 0 radical (unpaired) electrons. The molecule has 0 saturated carbocycles. The molecule has 146 valence electrons. The number of nitrogens with one attached hydrogen (secondary N) is 1. The van der Waals surface area contributed by atoms with E-state index in [1.807, 2.05) is 0 Å². The molecular formula is C17H16N4O5S2. The van der Waals surface area contributed by atoms with Gasteiger partial charge >= 0.3 is 5.97 Å². The van der Waals surface area contributed by atoms with E-state index in [9.17, 15) is 18.0 Å². The molecule has 5 N–H and O–H groups in total. The number of hydrogen-bond acceptors (Lipinski definition) is 8. The number of benzene rings is 2. The second-order valence-electron chi connectivity index (χ2n) is 5.84. The van der Waals surface area contributed by atoms with E-state index < -0.39 is 28.0 Å². The number of primary sulfonamides is 1. The van der Waals surface area contributed by atoms with Gasteiger partial charge in [0.05, 0.1) is 20.7 Å². The second-order valence-corrected chi connectivity index (χ2v) is 8.46. The predicted molar refractivity (Wildman–Crippen MR) is 105 cm³/mol. The number of anilines is 2. The molecule has 2 aromatic carbocycles. The van der Waals surface area contributed by atoms with Crippen LogP contribution in [0.2, 0.25) is 0 Å². The molecule has 0 aliphatic carbocycles. The van der Waals surface area contributed by atoms with Crippen LogP contribution in [0.5, 0.6) is 0 Å². The Morgan fingerprint density at radius 3 is 2.50 bits per heavy atom. The molecule has 0 spiro atoms. The van der Waals surface area contributed by atoms with Gasteiger partial charge in [-0.25, -0.2) is 23.3 Å². The fourth-order valence-corrected chi connectivity index (χ4v) is 3.61. The number of ether oxygens (including phenoxy) is 1. The fraction of sp³-hybridized carbons (Fsp3) is 0.118. The third-order valence-corrected chi connectivity index (χ3v) is 5.52. The van der Waals surface area contributed by atoms with Gasteiger partial charge in [0.15, 0.2) is 11.2 Å². The van der Waals surface area contributed by atoms with Crippen molar-refractivity contribution in [2.75, 3.05) is 11.1 Å². The predicted octanol–water partition coefficient (Wildman–Crippen LogP) is 1.71. The minimum Gasteiger partial charge on any atom is -0.449 e. The third-order valence-electron chi connectivity index (χ3n) is 3.74. The van der Waals surface area contributed by atoms with E-state index in [-0.39, 0.29) is 10.5 Å². The number of carbonyl (C=O) groups excluding carboxylic acids is 2. The quantitative estimate of drug-likeness (QED) is 0.531. The second kappa shape index (κ2) is 7.54. The van der Waals surface area contributed by atoms with E-state index in [0.29, 0.717) is 16.3 Å². The molecule has 11 heteroatoms. The van der Waals surface area contributed by atoms with Gasteiger partial charge in [0.25, 0.3) is 5.91 Å². The number of nitrogen functional groups attached to an aromatic ring is 1. The van der Waals surface area contributed by atoms with Crippen LogP contribution < -0.4 is 16.2 Å². The van der Waals surface area contributed by atoms with Crippen molar-refractivity contribution in [2.24, 2.45) is 5.14 Å². The van der Waals surface area contributed by atoms with Gasteiger partial charge in [-0.05, 0) is 49.4 Å². The molecule has 28 heavy (non-hydrogen) atoms. The molecule has 1 unspecified atom stereocenters. The zero-order chi connectivity index (χ0) is 20.5. The number of hydrogen-bond donors (Lipinski definition) is 3. The van der Waals surface area contributed by atoms with Gasteiger partial charge in [0.1, 0.15) is 0 Å². The topological polar surface area (TPSA) is 154 Å². The SMILES string of the molecule is CC(OC(=O)c1ccc2nc(N)sc2c1)C(=O)Nc1ccc(S(N)(=O)=O)cc1. The van der Waals surface area contributed by atoms with Crippen LogP contribution in [0.1, 0.15) is 17.3 Å². The highest BCUT2D eigenvalue weighted by atomic mass is 32.2. The zero-order valence-corrected chi connectivity index (χ0v) is 16.2. The van der Waals surface area contributed by atoms with Gasteiger partial charge in [0.2, 0.25) is 10.0 Å². The summed E-state index contributed by atoms with van der Waals surface area (Å²) in [5.41, 5.74) is 6.92. The molecule has 0 bridgehead atoms. The first-order valence-corrected chi connectivity index (χ1v) is 10.3. The molecule has 0 fully saturated rings. The Morgan fingerprint density at radius 2 is 1.86 bits per heavy atom. The molecule has 3 aromatic rings. The van der Waals surface area contributed by atoms with Crippen LogP contribution in [0.15, 0.2) is 47.4 Å². The van der Waals surface area contributed by atoms with E-state index in [1.54, 1.807) is 18.2 Å². The molecule has 1 heterocycles. The van der Waals surface area contributed by atoms with E-state index in [1.165, 1.54) is 42.5 Å². The first kappa shape index (κ1) is 19.7.